The van der Waals surface area contributed by atoms with Crippen molar-refractivity contribution in [1.29, 1.82) is 0 Å². The van der Waals surface area contributed by atoms with Crippen LogP contribution in [0.4, 0.5) is 0 Å². The molecule has 0 bridgehead atoms. The molecule has 84 valence electrons. The number of carbonyl (C=O) groups excluding carboxylic acids is 2. The van der Waals surface area contributed by atoms with Gasteiger partial charge in [-0.15, -0.1) is 0 Å². The Labute approximate surface area is 88.9 Å². The molecule has 0 aromatic heterocycles. The summed E-state index contributed by atoms with van der Waals surface area (Å²) >= 11 is 0. The molecule has 4 heteroatoms. The third-order valence-electron chi connectivity index (χ3n) is 3.45. The van der Waals surface area contributed by atoms with Crippen molar-refractivity contribution in [3.05, 3.63) is 0 Å². The Hall–Kier alpha value is -1.06. The Morgan fingerprint density at radius 2 is 2.00 bits per heavy atom. The zero-order valence-corrected chi connectivity index (χ0v) is 9.12. The van der Waals surface area contributed by atoms with E-state index in [1.807, 2.05) is 0 Å². The van der Waals surface area contributed by atoms with E-state index in [4.69, 9.17) is 9.47 Å². The zero-order chi connectivity index (χ0) is 11.1. The van der Waals surface area contributed by atoms with E-state index >= 15 is 0 Å². The van der Waals surface area contributed by atoms with E-state index in [0.29, 0.717) is 6.42 Å². The van der Waals surface area contributed by atoms with Gasteiger partial charge in [-0.25, -0.2) is 0 Å². The molecule has 2 aliphatic rings. The summed E-state index contributed by atoms with van der Waals surface area (Å²) < 4.78 is 10.6. The molecule has 2 fully saturated rings. The molecular weight excluding hydrogens is 196 g/mol. The fraction of sp³-hybridized carbons (Fsp3) is 0.818. The third kappa shape index (κ3) is 1.73. The lowest BCUT2D eigenvalue weighted by atomic mass is 9.69. The second-order valence-electron chi connectivity index (χ2n) is 4.51. The van der Waals surface area contributed by atoms with Gasteiger partial charge in [-0.1, -0.05) is 0 Å². The summed E-state index contributed by atoms with van der Waals surface area (Å²) in [5, 5.41) is 0. The van der Waals surface area contributed by atoms with E-state index < -0.39 is 0 Å². The average Bonchev–Trinajstić information content (AvgIpc) is 2.38. The molecule has 4 nitrogen and oxygen atoms in total. The molecule has 3 atom stereocenters. The van der Waals surface area contributed by atoms with Crippen LogP contribution in [0.2, 0.25) is 0 Å². The summed E-state index contributed by atoms with van der Waals surface area (Å²) in [4.78, 5) is 21.8. The number of ether oxygens (including phenoxy) is 2. The number of hydrogen-bond acceptors (Lipinski definition) is 4. The smallest absolute Gasteiger partial charge is 0.303 e. The van der Waals surface area contributed by atoms with Crippen molar-refractivity contribution in [2.45, 2.75) is 51.2 Å². The Morgan fingerprint density at radius 3 is 2.60 bits per heavy atom. The fourth-order valence-corrected chi connectivity index (χ4v) is 2.96. The standard InChI is InChI=1S/C11H16O4/c1-7(12)14-10-6-11(15-8(2)13)5-3-4-9(10)11/h9-10H,3-6H2,1-2H3/t9-,10?,11-/m1/s1. The van der Waals surface area contributed by atoms with Gasteiger partial charge in [0.15, 0.2) is 0 Å². The van der Waals surface area contributed by atoms with E-state index in [9.17, 15) is 9.59 Å². The molecule has 2 saturated carbocycles. The van der Waals surface area contributed by atoms with Crippen molar-refractivity contribution < 1.29 is 19.1 Å². The number of rotatable bonds is 2. The van der Waals surface area contributed by atoms with E-state index in [2.05, 4.69) is 0 Å². The highest BCUT2D eigenvalue weighted by atomic mass is 16.6. The first-order valence-electron chi connectivity index (χ1n) is 5.40. The van der Waals surface area contributed by atoms with Gasteiger partial charge in [-0.3, -0.25) is 9.59 Å². The Morgan fingerprint density at radius 1 is 1.27 bits per heavy atom. The van der Waals surface area contributed by atoms with Crippen LogP contribution in [0.25, 0.3) is 0 Å². The second kappa shape index (κ2) is 3.51. The van der Waals surface area contributed by atoms with Crippen LogP contribution in [0, 0.1) is 5.92 Å². The molecule has 0 heterocycles. The molecule has 0 spiro atoms. The monoisotopic (exact) mass is 212 g/mol. The van der Waals surface area contributed by atoms with E-state index in [0.717, 1.165) is 19.3 Å². The van der Waals surface area contributed by atoms with Gasteiger partial charge in [0.25, 0.3) is 0 Å². The number of esters is 2. The normalized spacial score (nSPS) is 37.7. The first kappa shape index (κ1) is 10.5. The number of carbonyl (C=O) groups is 2. The maximum absolute atomic E-state index is 11.0. The molecule has 0 aliphatic heterocycles. The Bertz CT molecular complexity index is 299. The minimum absolute atomic E-state index is 0.0376. The van der Waals surface area contributed by atoms with Gasteiger partial charge in [0.2, 0.25) is 0 Å². The number of fused-ring (bicyclic) bond motifs is 1. The highest BCUT2D eigenvalue weighted by Crippen LogP contribution is 2.54. The third-order valence-corrected chi connectivity index (χ3v) is 3.45. The van der Waals surface area contributed by atoms with Crippen molar-refractivity contribution in [3.8, 4) is 0 Å². The first-order chi connectivity index (χ1) is 7.03. The molecule has 2 rings (SSSR count). The summed E-state index contributed by atoms with van der Waals surface area (Å²) in [7, 11) is 0. The molecule has 0 aromatic carbocycles. The van der Waals surface area contributed by atoms with Crippen molar-refractivity contribution in [2.75, 3.05) is 0 Å². The summed E-state index contributed by atoms with van der Waals surface area (Å²) in [6.07, 6.45) is 3.59. The lowest BCUT2D eigenvalue weighted by Crippen LogP contribution is -2.57. The molecule has 0 N–H and O–H groups in total. The molecule has 15 heavy (non-hydrogen) atoms. The van der Waals surface area contributed by atoms with Crippen LogP contribution in [0.3, 0.4) is 0 Å². The van der Waals surface area contributed by atoms with Gasteiger partial charge in [-0.05, 0) is 19.3 Å². The van der Waals surface area contributed by atoms with Crippen LogP contribution in [0.5, 0.6) is 0 Å². The van der Waals surface area contributed by atoms with E-state index in [1.165, 1.54) is 13.8 Å². The number of hydrogen-bond donors (Lipinski definition) is 0. The highest BCUT2D eigenvalue weighted by Gasteiger charge is 2.60. The maximum atomic E-state index is 11.0. The van der Waals surface area contributed by atoms with Crippen molar-refractivity contribution in [1.82, 2.24) is 0 Å². The maximum Gasteiger partial charge on any atom is 0.303 e. The molecule has 1 unspecified atom stereocenters. The van der Waals surface area contributed by atoms with Crippen LogP contribution in [-0.4, -0.2) is 23.6 Å². The largest absolute Gasteiger partial charge is 0.462 e. The first-order valence-corrected chi connectivity index (χ1v) is 5.40. The van der Waals surface area contributed by atoms with Gasteiger partial charge < -0.3 is 9.47 Å². The average molecular weight is 212 g/mol. The molecule has 0 radical (unpaired) electrons. The molecular formula is C11H16O4. The Balaban J connectivity index is 1.99. The molecule has 0 saturated heterocycles. The fourth-order valence-electron chi connectivity index (χ4n) is 2.96. The second-order valence-corrected chi connectivity index (χ2v) is 4.51. The van der Waals surface area contributed by atoms with Crippen LogP contribution < -0.4 is 0 Å². The van der Waals surface area contributed by atoms with Crippen molar-refractivity contribution >= 4 is 11.9 Å². The zero-order valence-electron chi connectivity index (χ0n) is 9.12. The van der Waals surface area contributed by atoms with Crippen molar-refractivity contribution in [2.24, 2.45) is 5.92 Å². The molecule has 2 aliphatic carbocycles. The summed E-state index contributed by atoms with van der Waals surface area (Å²) in [5.41, 5.74) is -0.314. The topological polar surface area (TPSA) is 52.6 Å². The van der Waals surface area contributed by atoms with E-state index in [-0.39, 0.29) is 29.6 Å². The van der Waals surface area contributed by atoms with Crippen LogP contribution >= 0.6 is 0 Å². The highest BCUT2D eigenvalue weighted by molar-refractivity contribution is 5.67. The SMILES string of the molecule is CC(=O)OC1C[C@]2(OC(C)=O)CCC[C@H]12. The lowest BCUT2D eigenvalue weighted by Gasteiger charge is -2.49. The Kier molecular flexibility index (Phi) is 2.44. The minimum atomic E-state index is -0.314. The van der Waals surface area contributed by atoms with Crippen molar-refractivity contribution in [3.63, 3.8) is 0 Å². The van der Waals surface area contributed by atoms with Crippen LogP contribution in [0.1, 0.15) is 39.5 Å². The van der Waals surface area contributed by atoms with Crippen LogP contribution in [0.15, 0.2) is 0 Å². The molecule has 0 aromatic rings. The lowest BCUT2D eigenvalue weighted by molar-refractivity contribution is -0.209. The van der Waals surface area contributed by atoms with E-state index in [1.54, 1.807) is 0 Å². The summed E-state index contributed by atoms with van der Waals surface area (Å²) in [6, 6.07) is 0. The van der Waals surface area contributed by atoms with Gasteiger partial charge in [-0.2, -0.15) is 0 Å². The quantitative estimate of drug-likeness (QED) is 0.650. The van der Waals surface area contributed by atoms with Gasteiger partial charge >= 0.3 is 11.9 Å². The molecule has 0 amide bonds. The minimum Gasteiger partial charge on any atom is -0.462 e. The van der Waals surface area contributed by atoms with Gasteiger partial charge in [0.05, 0.1) is 0 Å². The predicted octanol–water partition coefficient (Wildman–Crippen LogP) is 1.42. The van der Waals surface area contributed by atoms with Gasteiger partial charge in [0, 0.05) is 26.2 Å². The van der Waals surface area contributed by atoms with Gasteiger partial charge in [0.1, 0.15) is 11.7 Å². The summed E-state index contributed by atoms with van der Waals surface area (Å²) in [6.45, 7) is 2.85. The predicted molar refractivity (Wildman–Crippen MR) is 52.0 cm³/mol. The summed E-state index contributed by atoms with van der Waals surface area (Å²) in [5.74, 6) is -0.253. The van der Waals surface area contributed by atoms with Crippen LogP contribution in [-0.2, 0) is 19.1 Å².